The van der Waals surface area contributed by atoms with Crippen LogP contribution in [0.1, 0.15) is 88.0 Å². The smallest absolute Gasteiger partial charge is 0.408 e. The lowest BCUT2D eigenvalue weighted by Gasteiger charge is -2.29. The lowest BCUT2D eigenvalue weighted by Crippen LogP contribution is -2.56. The van der Waals surface area contributed by atoms with Gasteiger partial charge in [0.25, 0.3) is 0 Å². The highest BCUT2D eigenvalue weighted by Gasteiger charge is 2.62. The van der Waals surface area contributed by atoms with Gasteiger partial charge in [-0.25, -0.2) is 14.6 Å². The maximum Gasteiger partial charge on any atom is 0.408 e. The molecule has 13 nitrogen and oxygen atoms in total. The Morgan fingerprint density at radius 1 is 1.06 bits per heavy atom. The molecule has 6 rings (SSSR count). The predicted octanol–water partition coefficient (Wildman–Crippen LogP) is 5.17. The van der Waals surface area contributed by atoms with Crippen LogP contribution in [0, 0.1) is 5.92 Å². The van der Waals surface area contributed by atoms with E-state index in [1.807, 2.05) is 12.2 Å². The maximum absolute atomic E-state index is 14.5. The van der Waals surface area contributed by atoms with E-state index in [0.29, 0.717) is 41.7 Å². The molecule has 14 heteroatoms. The number of Topliss-reactive ketones (excluding diaryl/α,β-unsaturated/α-hetero) is 1. The number of halogens is 1. The summed E-state index contributed by atoms with van der Waals surface area (Å²) < 4.78 is 23.0. The minimum Gasteiger partial charge on any atom is -0.497 e. The molecular formula is C38H47BrN4O9. The number of nitrogens with zero attached hydrogens (tertiary/aromatic N) is 2. The summed E-state index contributed by atoms with van der Waals surface area (Å²) >= 11 is 3.22. The zero-order valence-corrected chi connectivity index (χ0v) is 31.3. The number of aromatic nitrogens is 1. The van der Waals surface area contributed by atoms with Crippen LogP contribution in [0.3, 0.4) is 0 Å². The topological polar surface area (TPSA) is 162 Å². The highest BCUT2D eigenvalue weighted by molar-refractivity contribution is 9.09. The Morgan fingerprint density at radius 2 is 1.85 bits per heavy atom. The number of rotatable bonds is 9. The molecule has 0 spiro atoms. The van der Waals surface area contributed by atoms with Crippen molar-refractivity contribution in [2.75, 3.05) is 25.6 Å². The number of hydrogen-bond acceptors (Lipinski definition) is 10. The summed E-state index contributed by atoms with van der Waals surface area (Å²) in [5, 5.41) is 6.48. The Bertz CT molecular complexity index is 1710. The zero-order valence-electron chi connectivity index (χ0n) is 29.7. The van der Waals surface area contributed by atoms with Gasteiger partial charge in [-0.3, -0.25) is 14.4 Å². The molecule has 3 fully saturated rings. The first-order valence-electron chi connectivity index (χ1n) is 18.3. The molecule has 3 heterocycles. The van der Waals surface area contributed by atoms with Crippen LogP contribution >= 0.6 is 15.9 Å². The Hall–Kier alpha value is -4.20. The molecule has 4 aliphatic rings. The molecule has 5 atom stereocenters. The highest BCUT2D eigenvalue weighted by Crippen LogP contribution is 2.46. The Labute approximate surface area is 311 Å². The number of methoxy groups -OCH3 is 1. The van der Waals surface area contributed by atoms with E-state index in [-0.39, 0.29) is 48.4 Å². The number of ether oxygens (including phenoxy) is 4. The summed E-state index contributed by atoms with van der Waals surface area (Å²) in [4.78, 5) is 73.9. The monoisotopic (exact) mass is 782 g/mol. The molecule has 2 aromatic rings. The van der Waals surface area contributed by atoms with Gasteiger partial charge in [-0.1, -0.05) is 40.9 Å². The van der Waals surface area contributed by atoms with Crippen molar-refractivity contribution in [3.05, 3.63) is 42.1 Å². The molecule has 1 aromatic carbocycles. The van der Waals surface area contributed by atoms with E-state index in [2.05, 4.69) is 31.5 Å². The van der Waals surface area contributed by atoms with Gasteiger partial charge in [0, 0.05) is 29.9 Å². The SMILES string of the molecule is CCOC(=O)[C@@]12C[C@H]1/C=C\CCCCC[C@H](NC(=O)OC1CCCC1)C(=O)N1C[C@H](Oc3cc(C(=O)CBr)nc4cc(OC)ccc34)C[C@H]1C(=O)N2. The molecule has 52 heavy (non-hydrogen) atoms. The molecule has 0 unspecified atom stereocenters. The average Bonchev–Trinajstić information content (AvgIpc) is 3.41. The van der Waals surface area contributed by atoms with Crippen LogP contribution < -0.4 is 20.1 Å². The number of nitrogens with one attached hydrogen (secondary N) is 2. The minimum atomic E-state index is -1.23. The van der Waals surface area contributed by atoms with E-state index in [9.17, 15) is 24.0 Å². The quantitative estimate of drug-likeness (QED) is 0.150. The largest absolute Gasteiger partial charge is 0.497 e. The van der Waals surface area contributed by atoms with Crippen LogP contribution in [0.15, 0.2) is 36.4 Å². The summed E-state index contributed by atoms with van der Waals surface area (Å²) in [5.74, 6) is -1.02. The van der Waals surface area contributed by atoms with Gasteiger partial charge in [0.2, 0.25) is 11.8 Å². The molecule has 2 aliphatic heterocycles. The number of benzene rings is 1. The summed E-state index contributed by atoms with van der Waals surface area (Å²) in [7, 11) is 1.54. The number of amides is 3. The minimum absolute atomic E-state index is 0.0181. The van der Waals surface area contributed by atoms with Gasteiger partial charge in [-0.2, -0.15) is 0 Å². The van der Waals surface area contributed by atoms with Gasteiger partial charge in [0.05, 0.1) is 31.1 Å². The molecule has 1 aromatic heterocycles. The van der Waals surface area contributed by atoms with E-state index in [0.717, 1.165) is 44.9 Å². The lowest BCUT2D eigenvalue weighted by molar-refractivity contribution is -0.150. The molecule has 2 saturated carbocycles. The molecule has 0 bridgehead atoms. The molecule has 2 aliphatic carbocycles. The van der Waals surface area contributed by atoms with Crippen molar-refractivity contribution in [3.63, 3.8) is 0 Å². The summed E-state index contributed by atoms with van der Waals surface area (Å²) in [6.07, 6.45) is 10.0. The van der Waals surface area contributed by atoms with Gasteiger partial charge < -0.3 is 34.5 Å². The predicted molar refractivity (Wildman–Crippen MR) is 194 cm³/mol. The molecule has 2 N–H and O–H groups in total. The molecular weight excluding hydrogens is 736 g/mol. The number of esters is 1. The van der Waals surface area contributed by atoms with Crippen LogP contribution in [0.4, 0.5) is 4.79 Å². The normalized spacial score (nSPS) is 27.3. The molecule has 3 amide bonds. The number of hydrogen-bond donors (Lipinski definition) is 2. The standard InChI is InChI=1S/C38H47BrN4O9/c1-3-50-36(47)38-20-23(38)11-7-5-4-6-8-14-28(41-37(48)52-24-12-9-10-13-24)35(46)43-22-26(18-31(43)34(45)42-38)51-33-19-30(32(44)21-39)40-29-17-25(49-2)15-16-27(29)33/h7,11,15-17,19,23-24,26,28,31H,3-6,8-10,12-14,18,20-22H2,1-2H3,(H,41,48)(H,42,45)/b11-7-/t23-,26-,28+,31+,38-/m1/s1. The number of alkyl carbamates (subject to hydrolysis) is 1. The van der Waals surface area contributed by atoms with Crippen LogP contribution in [0.25, 0.3) is 10.9 Å². The van der Waals surface area contributed by atoms with E-state index >= 15 is 0 Å². The van der Waals surface area contributed by atoms with Crippen molar-refractivity contribution in [2.45, 2.75) is 107 Å². The first-order chi connectivity index (χ1) is 25.1. The third-order valence-electron chi connectivity index (χ3n) is 10.4. The van der Waals surface area contributed by atoms with Crippen molar-refractivity contribution in [3.8, 4) is 11.5 Å². The fraction of sp³-hybridized carbons (Fsp3) is 0.579. The van der Waals surface area contributed by atoms with E-state index < -0.39 is 47.6 Å². The van der Waals surface area contributed by atoms with Crippen LogP contribution in [-0.2, 0) is 23.9 Å². The van der Waals surface area contributed by atoms with Gasteiger partial charge >= 0.3 is 12.1 Å². The molecule has 1 saturated heterocycles. The van der Waals surface area contributed by atoms with E-state index in [1.54, 1.807) is 31.2 Å². The summed E-state index contributed by atoms with van der Waals surface area (Å²) in [6, 6.07) is 4.86. The summed E-state index contributed by atoms with van der Waals surface area (Å²) in [5.41, 5.74) is -0.563. The molecule has 280 valence electrons. The lowest BCUT2D eigenvalue weighted by atomic mass is 10.0. The van der Waals surface area contributed by atoms with Gasteiger partial charge in [0.15, 0.2) is 5.78 Å². The number of allylic oxidation sites excluding steroid dienone is 1. The fourth-order valence-corrected chi connectivity index (χ4v) is 7.81. The van der Waals surface area contributed by atoms with Crippen molar-refractivity contribution in [1.29, 1.82) is 0 Å². The van der Waals surface area contributed by atoms with Crippen molar-refractivity contribution in [2.24, 2.45) is 5.92 Å². The Balaban J connectivity index is 1.32. The van der Waals surface area contributed by atoms with Crippen LogP contribution in [0.2, 0.25) is 0 Å². The number of alkyl halides is 1. The van der Waals surface area contributed by atoms with Crippen molar-refractivity contribution < 1.29 is 42.9 Å². The molecule has 0 radical (unpaired) electrons. The second-order valence-corrected chi connectivity index (χ2v) is 14.6. The number of carbonyl (C=O) groups excluding carboxylic acids is 5. The van der Waals surface area contributed by atoms with E-state index in [1.165, 1.54) is 12.0 Å². The maximum atomic E-state index is 14.5. The second kappa shape index (κ2) is 16.6. The first kappa shape index (κ1) is 37.6. The zero-order chi connectivity index (χ0) is 36.8. The average molecular weight is 784 g/mol. The second-order valence-electron chi connectivity index (χ2n) is 14.0. The number of ketones is 1. The number of pyridine rings is 1. The first-order valence-corrected chi connectivity index (χ1v) is 19.5. The van der Waals surface area contributed by atoms with Crippen LogP contribution in [-0.4, -0.2) is 95.0 Å². The van der Waals surface area contributed by atoms with Crippen LogP contribution in [0.5, 0.6) is 11.5 Å². The van der Waals surface area contributed by atoms with Crippen molar-refractivity contribution >= 4 is 56.5 Å². The van der Waals surface area contributed by atoms with Gasteiger partial charge in [0.1, 0.15) is 47.0 Å². The highest BCUT2D eigenvalue weighted by atomic mass is 79.9. The fourth-order valence-electron chi connectivity index (χ4n) is 7.52. The van der Waals surface area contributed by atoms with Crippen molar-refractivity contribution in [1.82, 2.24) is 20.5 Å². The number of carbonyl (C=O) groups is 5. The number of fused-ring (bicyclic) bond motifs is 3. The Kier molecular flexibility index (Phi) is 12.0. The van der Waals surface area contributed by atoms with Gasteiger partial charge in [-0.15, -0.1) is 0 Å². The van der Waals surface area contributed by atoms with E-state index in [4.69, 9.17) is 18.9 Å². The third-order valence-corrected chi connectivity index (χ3v) is 10.9. The summed E-state index contributed by atoms with van der Waals surface area (Å²) in [6.45, 7) is 1.90. The van der Waals surface area contributed by atoms with Gasteiger partial charge in [-0.05, 0) is 70.4 Å². The Morgan fingerprint density at radius 3 is 2.60 bits per heavy atom. The third kappa shape index (κ3) is 8.37.